The van der Waals surface area contributed by atoms with E-state index >= 15 is 0 Å². The highest BCUT2D eigenvalue weighted by atomic mass is 16.3. The number of rotatable bonds is 6. The maximum absolute atomic E-state index is 6.78. The minimum Gasteiger partial charge on any atom is -0.455 e. The second-order valence-corrected chi connectivity index (χ2v) is 13.3. The van der Waals surface area contributed by atoms with Gasteiger partial charge in [0.25, 0.3) is 0 Å². The Morgan fingerprint density at radius 1 is 0.346 bits per heavy atom. The third kappa shape index (κ3) is 5.12. The molecule has 0 spiro atoms. The van der Waals surface area contributed by atoms with Gasteiger partial charge < -0.3 is 9.32 Å². The lowest BCUT2D eigenvalue weighted by Gasteiger charge is -2.28. The van der Waals surface area contributed by atoms with Crippen LogP contribution in [0.4, 0.5) is 17.1 Å². The Labute approximate surface area is 302 Å². The fraction of sp³-hybridized carbons (Fsp3) is 0. The monoisotopic (exact) mass is 663 g/mol. The maximum atomic E-state index is 6.78. The van der Waals surface area contributed by atoms with E-state index in [2.05, 4.69) is 199 Å². The molecule has 0 aliphatic carbocycles. The lowest BCUT2D eigenvalue weighted by atomic mass is 9.95. The van der Waals surface area contributed by atoms with E-state index in [1.165, 1.54) is 43.8 Å². The fourth-order valence-electron chi connectivity index (χ4n) is 7.72. The number of furan rings is 1. The predicted octanol–water partition coefficient (Wildman–Crippen LogP) is 14.4. The van der Waals surface area contributed by atoms with E-state index in [0.29, 0.717) is 0 Å². The van der Waals surface area contributed by atoms with E-state index in [4.69, 9.17) is 4.42 Å². The first-order valence-corrected chi connectivity index (χ1v) is 17.8. The molecule has 10 rings (SSSR count). The molecule has 10 aromatic rings. The van der Waals surface area contributed by atoms with Crippen LogP contribution in [0.1, 0.15) is 0 Å². The molecule has 0 bridgehead atoms. The lowest BCUT2D eigenvalue weighted by molar-refractivity contribution is 0.670. The standard InChI is InChI=1S/C50H33NO/c1-2-11-34(12-3-1)36-23-27-41(28-24-36)51(42-29-25-38(26-30-42)44-19-10-16-37-14-6-7-17-43(37)44)47-32-31-46-45-18-8-9-20-48(45)52-50(46)49(47)40-22-21-35-13-4-5-15-39(35)33-40/h1-33H. The molecule has 2 heteroatoms. The summed E-state index contributed by atoms with van der Waals surface area (Å²) in [6.45, 7) is 0. The second kappa shape index (κ2) is 12.5. The highest BCUT2D eigenvalue weighted by Crippen LogP contribution is 2.47. The minimum absolute atomic E-state index is 0.882. The summed E-state index contributed by atoms with van der Waals surface area (Å²) >= 11 is 0. The SMILES string of the molecule is c1ccc(-c2ccc(N(c3ccc(-c4cccc5ccccc45)cc3)c3ccc4c(oc5ccccc54)c3-c3ccc4ccccc4c3)cc2)cc1. The lowest BCUT2D eigenvalue weighted by Crippen LogP contribution is -2.11. The van der Waals surface area contributed by atoms with Gasteiger partial charge in [-0.25, -0.2) is 0 Å². The van der Waals surface area contributed by atoms with E-state index in [0.717, 1.165) is 50.1 Å². The van der Waals surface area contributed by atoms with Crippen LogP contribution in [0.3, 0.4) is 0 Å². The molecule has 0 aliphatic rings. The van der Waals surface area contributed by atoms with Crippen molar-refractivity contribution in [3.63, 3.8) is 0 Å². The van der Waals surface area contributed by atoms with Crippen LogP contribution in [-0.2, 0) is 0 Å². The molecule has 0 fully saturated rings. The Balaban J connectivity index is 1.20. The third-order valence-corrected chi connectivity index (χ3v) is 10.3. The zero-order chi connectivity index (χ0) is 34.4. The van der Waals surface area contributed by atoms with E-state index < -0.39 is 0 Å². The fourth-order valence-corrected chi connectivity index (χ4v) is 7.72. The topological polar surface area (TPSA) is 16.4 Å². The Hall–Kier alpha value is -6.90. The molecular formula is C50H33NO. The van der Waals surface area contributed by atoms with Crippen molar-refractivity contribution in [1.29, 1.82) is 0 Å². The third-order valence-electron chi connectivity index (χ3n) is 10.3. The minimum atomic E-state index is 0.882. The number of anilines is 3. The van der Waals surface area contributed by atoms with Gasteiger partial charge in [0.1, 0.15) is 11.2 Å². The summed E-state index contributed by atoms with van der Waals surface area (Å²) in [7, 11) is 0. The molecule has 0 amide bonds. The van der Waals surface area contributed by atoms with Crippen LogP contribution in [0, 0.1) is 0 Å². The number of para-hydroxylation sites is 1. The average Bonchev–Trinajstić information content (AvgIpc) is 3.60. The van der Waals surface area contributed by atoms with E-state index in [9.17, 15) is 0 Å². The predicted molar refractivity (Wildman–Crippen MR) is 220 cm³/mol. The first kappa shape index (κ1) is 30.0. The average molecular weight is 664 g/mol. The quantitative estimate of drug-likeness (QED) is 0.176. The Kier molecular flexibility index (Phi) is 7.18. The first-order chi connectivity index (χ1) is 25.8. The van der Waals surface area contributed by atoms with E-state index in [1.807, 2.05) is 6.07 Å². The second-order valence-electron chi connectivity index (χ2n) is 13.3. The van der Waals surface area contributed by atoms with Crippen LogP contribution in [0.2, 0.25) is 0 Å². The summed E-state index contributed by atoms with van der Waals surface area (Å²) < 4.78 is 6.78. The number of benzene rings is 9. The molecule has 0 radical (unpaired) electrons. The molecule has 0 saturated carbocycles. The van der Waals surface area contributed by atoms with Crippen molar-refractivity contribution in [1.82, 2.24) is 0 Å². The van der Waals surface area contributed by atoms with Crippen LogP contribution >= 0.6 is 0 Å². The number of hydrogen-bond donors (Lipinski definition) is 0. The van der Waals surface area contributed by atoms with Crippen molar-refractivity contribution in [2.45, 2.75) is 0 Å². The van der Waals surface area contributed by atoms with Crippen molar-refractivity contribution < 1.29 is 4.42 Å². The summed E-state index contributed by atoms with van der Waals surface area (Å²) in [6, 6.07) is 71.7. The van der Waals surface area contributed by atoms with Crippen LogP contribution in [0.5, 0.6) is 0 Å². The molecule has 244 valence electrons. The highest BCUT2D eigenvalue weighted by molar-refractivity contribution is 6.13. The largest absolute Gasteiger partial charge is 0.455 e. The molecule has 0 aliphatic heterocycles. The van der Waals surface area contributed by atoms with Crippen LogP contribution in [0.25, 0.3) is 76.9 Å². The molecule has 2 nitrogen and oxygen atoms in total. The van der Waals surface area contributed by atoms with Crippen molar-refractivity contribution >= 4 is 60.5 Å². The van der Waals surface area contributed by atoms with Crippen molar-refractivity contribution in [2.75, 3.05) is 4.90 Å². The summed E-state index contributed by atoms with van der Waals surface area (Å²) in [5.41, 5.74) is 11.9. The van der Waals surface area contributed by atoms with Crippen LogP contribution < -0.4 is 4.90 Å². The summed E-state index contributed by atoms with van der Waals surface area (Å²) in [4.78, 5) is 2.37. The van der Waals surface area contributed by atoms with Crippen LogP contribution in [0.15, 0.2) is 205 Å². The van der Waals surface area contributed by atoms with E-state index in [-0.39, 0.29) is 0 Å². The molecule has 0 N–H and O–H groups in total. The van der Waals surface area contributed by atoms with Gasteiger partial charge in [-0.3, -0.25) is 0 Å². The molecule has 52 heavy (non-hydrogen) atoms. The van der Waals surface area contributed by atoms with Crippen molar-refractivity contribution in [3.8, 4) is 33.4 Å². The Morgan fingerprint density at radius 2 is 0.942 bits per heavy atom. The Bertz CT molecular complexity index is 2880. The van der Waals surface area contributed by atoms with Gasteiger partial charge >= 0.3 is 0 Å². The van der Waals surface area contributed by atoms with E-state index in [1.54, 1.807) is 0 Å². The number of fused-ring (bicyclic) bond motifs is 5. The van der Waals surface area contributed by atoms with Gasteiger partial charge in [0.15, 0.2) is 0 Å². The summed E-state index contributed by atoms with van der Waals surface area (Å²) in [5.74, 6) is 0. The highest BCUT2D eigenvalue weighted by Gasteiger charge is 2.23. The summed E-state index contributed by atoms with van der Waals surface area (Å²) in [6.07, 6.45) is 0. The molecule has 0 atom stereocenters. The first-order valence-electron chi connectivity index (χ1n) is 17.8. The molecule has 0 unspecified atom stereocenters. The molecule has 1 aromatic heterocycles. The normalized spacial score (nSPS) is 11.5. The van der Waals surface area contributed by atoms with Gasteiger partial charge in [0, 0.05) is 27.7 Å². The van der Waals surface area contributed by atoms with Crippen LogP contribution in [-0.4, -0.2) is 0 Å². The molecular weight excluding hydrogens is 631 g/mol. The Morgan fingerprint density at radius 3 is 1.73 bits per heavy atom. The molecule has 1 heterocycles. The molecule has 0 saturated heterocycles. The maximum Gasteiger partial charge on any atom is 0.145 e. The summed E-state index contributed by atoms with van der Waals surface area (Å²) in [5, 5.41) is 7.11. The zero-order valence-electron chi connectivity index (χ0n) is 28.4. The van der Waals surface area contributed by atoms with Gasteiger partial charge in [-0.15, -0.1) is 0 Å². The van der Waals surface area contributed by atoms with Gasteiger partial charge in [0.2, 0.25) is 0 Å². The van der Waals surface area contributed by atoms with Gasteiger partial charge in [-0.05, 0) is 97.9 Å². The number of nitrogens with zero attached hydrogens (tertiary/aromatic N) is 1. The van der Waals surface area contributed by atoms with Gasteiger partial charge in [-0.2, -0.15) is 0 Å². The van der Waals surface area contributed by atoms with Crippen molar-refractivity contribution in [2.24, 2.45) is 0 Å². The van der Waals surface area contributed by atoms with Crippen molar-refractivity contribution in [3.05, 3.63) is 200 Å². The molecule has 9 aromatic carbocycles. The smallest absolute Gasteiger partial charge is 0.145 e. The zero-order valence-corrected chi connectivity index (χ0v) is 28.4. The van der Waals surface area contributed by atoms with Gasteiger partial charge in [0.05, 0.1) is 5.69 Å². The van der Waals surface area contributed by atoms with Gasteiger partial charge in [-0.1, -0.05) is 152 Å². The number of hydrogen-bond acceptors (Lipinski definition) is 2.